The van der Waals surface area contributed by atoms with Gasteiger partial charge in [-0.2, -0.15) is 0 Å². The van der Waals surface area contributed by atoms with Crippen LogP contribution >= 0.6 is 11.6 Å². The summed E-state index contributed by atoms with van der Waals surface area (Å²) in [5, 5.41) is 3.49. The summed E-state index contributed by atoms with van der Waals surface area (Å²) in [6.07, 6.45) is 3.21. The highest BCUT2D eigenvalue weighted by molar-refractivity contribution is 6.30. The van der Waals surface area contributed by atoms with Crippen LogP contribution in [0.5, 0.6) is 11.5 Å². The number of benzene rings is 3. The van der Waals surface area contributed by atoms with Crippen molar-refractivity contribution in [3.05, 3.63) is 95.0 Å². The molecule has 0 aliphatic carbocycles. The number of anilines is 1. The summed E-state index contributed by atoms with van der Waals surface area (Å²) in [6.45, 7) is 0.405. The lowest BCUT2D eigenvalue weighted by atomic mass is 10.2. The van der Waals surface area contributed by atoms with Crippen molar-refractivity contribution in [3.63, 3.8) is 0 Å². The molecule has 0 heterocycles. The molecule has 0 saturated heterocycles. The second-order valence-corrected chi connectivity index (χ2v) is 6.45. The number of ether oxygens (including phenoxy) is 2. The first-order valence-corrected chi connectivity index (χ1v) is 9.11. The van der Waals surface area contributed by atoms with E-state index in [4.69, 9.17) is 21.1 Å². The molecule has 3 aromatic carbocycles. The maximum Gasteiger partial charge on any atom is 0.248 e. The Morgan fingerprint density at radius 1 is 1.00 bits per heavy atom. The average molecular weight is 394 g/mol. The lowest BCUT2D eigenvalue weighted by Gasteiger charge is -2.11. The van der Waals surface area contributed by atoms with Gasteiger partial charge in [0.2, 0.25) is 5.91 Å². The van der Waals surface area contributed by atoms with E-state index in [9.17, 15) is 4.79 Å². The third-order valence-electron chi connectivity index (χ3n) is 3.96. The van der Waals surface area contributed by atoms with E-state index in [0.717, 1.165) is 16.8 Å². The summed E-state index contributed by atoms with van der Waals surface area (Å²) < 4.78 is 11.3. The number of carbonyl (C=O) groups excluding carboxylic acids is 1. The summed E-state index contributed by atoms with van der Waals surface area (Å²) in [4.78, 5) is 12.0. The van der Waals surface area contributed by atoms with Gasteiger partial charge >= 0.3 is 0 Å². The highest BCUT2D eigenvalue weighted by Crippen LogP contribution is 2.29. The fourth-order valence-electron chi connectivity index (χ4n) is 2.53. The molecule has 5 heteroatoms. The normalized spacial score (nSPS) is 10.6. The van der Waals surface area contributed by atoms with Gasteiger partial charge in [0.15, 0.2) is 11.5 Å². The second-order valence-electron chi connectivity index (χ2n) is 6.01. The van der Waals surface area contributed by atoms with Crippen molar-refractivity contribution in [2.24, 2.45) is 0 Å². The highest BCUT2D eigenvalue weighted by atomic mass is 35.5. The molecule has 0 aromatic heterocycles. The number of hydrogen-bond acceptors (Lipinski definition) is 3. The number of para-hydroxylation sites is 1. The van der Waals surface area contributed by atoms with Gasteiger partial charge in [0, 0.05) is 16.8 Å². The molecule has 0 unspecified atom stereocenters. The van der Waals surface area contributed by atoms with Gasteiger partial charge < -0.3 is 14.8 Å². The number of hydrogen-bond donors (Lipinski definition) is 1. The largest absolute Gasteiger partial charge is 0.493 e. The first kappa shape index (κ1) is 19.5. The zero-order valence-corrected chi connectivity index (χ0v) is 16.1. The summed E-state index contributed by atoms with van der Waals surface area (Å²) in [6, 6.07) is 22.3. The molecule has 28 heavy (non-hydrogen) atoms. The minimum atomic E-state index is -0.201. The van der Waals surface area contributed by atoms with E-state index in [1.807, 2.05) is 72.8 Å². The molecule has 0 saturated carbocycles. The van der Waals surface area contributed by atoms with E-state index in [1.165, 1.54) is 6.08 Å². The van der Waals surface area contributed by atoms with Crippen LogP contribution in [0.1, 0.15) is 11.1 Å². The predicted octanol–water partition coefficient (Wildman–Crippen LogP) is 5.58. The summed E-state index contributed by atoms with van der Waals surface area (Å²) in [5.41, 5.74) is 2.59. The average Bonchev–Trinajstić information content (AvgIpc) is 2.73. The Morgan fingerprint density at radius 3 is 2.46 bits per heavy atom. The summed E-state index contributed by atoms with van der Waals surface area (Å²) in [7, 11) is 1.58. The van der Waals surface area contributed by atoms with Gasteiger partial charge in [0.05, 0.1) is 7.11 Å². The highest BCUT2D eigenvalue weighted by Gasteiger charge is 2.06. The van der Waals surface area contributed by atoms with Crippen LogP contribution in [0.2, 0.25) is 5.02 Å². The quantitative estimate of drug-likeness (QED) is 0.533. The fourth-order valence-corrected chi connectivity index (χ4v) is 2.65. The van der Waals surface area contributed by atoms with Crippen LogP contribution in [0, 0.1) is 0 Å². The van der Waals surface area contributed by atoms with Crippen molar-refractivity contribution in [1.29, 1.82) is 0 Å². The van der Waals surface area contributed by atoms with Crippen molar-refractivity contribution in [3.8, 4) is 11.5 Å². The van der Waals surface area contributed by atoms with Gasteiger partial charge in [-0.1, -0.05) is 48.0 Å². The number of nitrogens with one attached hydrogen (secondary N) is 1. The molecule has 0 bridgehead atoms. The Bertz CT molecular complexity index is 953. The molecule has 0 aliphatic rings. The maximum absolute atomic E-state index is 12.0. The first-order chi connectivity index (χ1) is 13.6. The number of methoxy groups -OCH3 is 1. The van der Waals surface area contributed by atoms with Gasteiger partial charge in [-0.25, -0.2) is 0 Å². The maximum atomic E-state index is 12.0. The van der Waals surface area contributed by atoms with Gasteiger partial charge in [0.1, 0.15) is 6.61 Å². The Hall–Kier alpha value is -3.24. The van der Waals surface area contributed by atoms with E-state index in [2.05, 4.69) is 5.32 Å². The molecule has 4 nitrogen and oxygen atoms in total. The first-order valence-electron chi connectivity index (χ1n) is 8.73. The molecule has 0 spiro atoms. The van der Waals surface area contributed by atoms with Crippen molar-refractivity contribution in [2.45, 2.75) is 6.61 Å². The van der Waals surface area contributed by atoms with Crippen LogP contribution in [0.4, 0.5) is 5.69 Å². The lowest BCUT2D eigenvalue weighted by Crippen LogP contribution is -2.07. The van der Waals surface area contributed by atoms with Crippen LogP contribution in [-0.4, -0.2) is 13.0 Å². The number of halogens is 1. The van der Waals surface area contributed by atoms with Crippen LogP contribution in [0.3, 0.4) is 0 Å². The molecule has 0 atom stereocenters. The molecule has 3 rings (SSSR count). The van der Waals surface area contributed by atoms with E-state index in [0.29, 0.717) is 23.1 Å². The molecule has 1 amide bonds. The van der Waals surface area contributed by atoms with Gasteiger partial charge in [-0.3, -0.25) is 4.79 Å². The van der Waals surface area contributed by atoms with Gasteiger partial charge in [-0.05, 0) is 53.6 Å². The number of rotatable bonds is 7. The third-order valence-corrected chi connectivity index (χ3v) is 4.22. The Balaban J connectivity index is 1.63. The van der Waals surface area contributed by atoms with Gasteiger partial charge in [0.25, 0.3) is 0 Å². The lowest BCUT2D eigenvalue weighted by molar-refractivity contribution is -0.111. The predicted molar refractivity (Wildman–Crippen MR) is 113 cm³/mol. The van der Waals surface area contributed by atoms with Crippen LogP contribution in [0.15, 0.2) is 78.9 Å². The third kappa shape index (κ3) is 5.63. The monoisotopic (exact) mass is 393 g/mol. The van der Waals surface area contributed by atoms with Crippen LogP contribution in [0.25, 0.3) is 6.08 Å². The van der Waals surface area contributed by atoms with Crippen LogP contribution in [-0.2, 0) is 11.4 Å². The molecule has 142 valence electrons. The molecular weight excluding hydrogens is 374 g/mol. The van der Waals surface area contributed by atoms with Crippen LogP contribution < -0.4 is 14.8 Å². The van der Waals surface area contributed by atoms with E-state index >= 15 is 0 Å². The standard InChI is InChI=1S/C23H20ClNO3/c1-27-22-15-17(10-14-23(26)25-20-5-3-2-4-6-20)9-13-21(22)28-16-18-7-11-19(24)12-8-18/h2-15H,16H2,1H3,(H,25,26). The molecule has 0 fully saturated rings. The van der Waals surface area contributed by atoms with Crippen molar-refractivity contribution in [1.82, 2.24) is 0 Å². The Morgan fingerprint density at radius 2 is 1.75 bits per heavy atom. The Kier molecular flexibility index (Phi) is 6.71. The Labute approximate surface area is 169 Å². The zero-order chi connectivity index (χ0) is 19.8. The topological polar surface area (TPSA) is 47.6 Å². The van der Waals surface area contributed by atoms with Crippen molar-refractivity contribution >= 4 is 29.3 Å². The van der Waals surface area contributed by atoms with E-state index < -0.39 is 0 Å². The van der Waals surface area contributed by atoms with E-state index in [1.54, 1.807) is 13.2 Å². The molecule has 3 aromatic rings. The molecule has 0 aliphatic heterocycles. The second kappa shape index (κ2) is 9.62. The molecular formula is C23H20ClNO3. The number of carbonyl (C=O) groups is 1. The van der Waals surface area contributed by atoms with Crippen molar-refractivity contribution < 1.29 is 14.3 Å². The summed E-state index contributed by atoms with van der Waals surface area (Å²) in [5.74, 6) is 1.02. The summed E-state index contributed by atoms with van der Waals surface area (Å²) >= 11 is 5.90. The fraction of sp³-hybridized carbons (Fsp3) is 0.0870. The smallest absolute Gasteiger partial charge is 0.248 e. The number of amides is 1. The van der Waals surface area contributed by atoms with E-state index in [-0.39, 0.29) is 5.91 Å². The zero-order valence-electron chi connectivity index (χ0n) is 15.4. The molecule has 0 radical (unpaired) electrons. The molecule has 1 N–H and O–H groups in total. The SMILES string of the molecule is COc1cc(C=CC(=O)Nc2ccccc2)ccc1OCc1ccc(Cl)cc1. The minimum Gasteiger partial charge on any atom is -0.493 e. The van der Waals surface area contributed by atoms with Crippen molar-refractivity contribution in [2.75, 3.05) is 12.4 Å². The minimum absolute atomic E-state index is 0.201. The van der Waals surface area contributed by atoms with Gasteiger partial charge in [-0.15, -0.1) is 0 Å².